The van der Waals surface area contributed by atoms with Gasteiger partial charge in [0.05, 0.1) is 11.8 Å². The van der Waals surface area contributed by atoms with Crippen molar-refractivity contribution >= 4 is 23.8 Å². The van der Waals surface area contributed by atoms with E-state index in [0.717, 1.165) is 0 Å². The second kappa shape index (κ2) is 5.48. The lowest BCUT2D eigenvalue weighted by Gasteiger charge is -2.35. The molecule has 2 rings (SSSR count). The number of carboxylic acids is 2. The Morgan fingerprint density at radius 2 is 1.75 bits per heavy atom. The van der Waals surface area contributed by atoms with E-state index in [1.165, 1.54) is 4.90 Å². The van der Waals surface area contributed by atoms with Crippen LogP contribution in [0.2, 0.25) is 0 Å². The highest BCUT2D eigenvalue weighted by molar-refractivity contribution is 5.91. The number of aliphatic carboxylic acids is 2. The van der Waals surface area contributed by atoms with Gasteiger partial charge in [-0.25, -0.2) is 0 Å². The first-order valence-corrected chi connectivity index (χ1v) is 6.44. The molecule has 8 nitrogen and oxygen atoms in total. The van der Waals surface area contributed by atoms with E-state index < -0.39 is 29.8 Å². The lowest BCUT2D eigenvalue weighted by atomic mass is 9.85. The van der Waals surface area contributed by atoms with E-state index >= 15 is 0 Å². The van der Waals surface area contributed by atoms with Crippen molar-refractivity contribution in [1.82, 2.24) is 10.2 Å². The summed E-state index contributed by atoms with van der Waals surface area (Å²) in [5, 5.41) is 20.6. The van der Waals surface area contributed by atoms with E-state index in [9.17, 15) is 19.2 Å². The molecule has 2 fully saturated rings. The minimum atomic E-state index is -1.22. The Bertz CT molecular complexity index is 463. The number of hydrogen-bond acceptors (Lipinski definition) is 4. The number of amides is 2. The Morgan fingerprint density at radius 1 is 1.10 bits per heavy atom. The normalized spacial score (nSPS) is 29.9. The summed E-state index contributed by atoms with van der Waals surface area (Å²) >= 11 is 0. The van der Waals surface area contributed by atoms with E-state index in [2.05, 4.69) is 5.32 Å². The molecule has 0 bridgehead atoms. The fourth-order valence-corrected chi connectivity index (χ4v) is 2.72. The highest BCUT2D eigenvalue weighted by Crippen LogP contribution is 2.25. The summed E-state index contributed by atoms with van der Waals surface area (Å²) in [6.45, 7) is 0.0729. The van der Waals surface area contributed by atoms with E-state index in [4.69, 9.17) is 10.2 Å². The summed E-state index contributed by atoms with van der Waals surface area (Å²) in [6.07, 6.45) is 0.789. The largest absolute Gasteiger partial charge is 0.481 e. The number of likely N-dealkylation sites (tertiary alicyclic amines) is 1. The van der Waals surface area contributed by atoms with E-state index in [1.807, 2.05) is 0 Å². The number of nitrogens with zero attached hydrogens (tertiary/aromatic N) is 1. The topological polar surface area (TPSA) is 124 Å². The molecule has 3 atom stereocenters. The number of carbonyl (C=O) groups excluding carboxylic acids is 2. The molecule has 2 heterocycles. The molecule has 0 spiro atoms. The summed E-state index contributed by atoms with van der Waals surface area (Å²) < 4.78 is 0. The molecule has 0 aliphatic carbocycles. The third-order valence-corrected chi connectivity index (χ3v) is 3.85. The molecular weight excluding hydrogens is 268 g/mol. The highest BCUT2D eigenvalue weighted by Gasteiger charge is 2.42. The number of rotatable bonds is 3. The Balaban J connectivity index is 2.04. The molecule has 2 aliphatic heterocycles. The van der Waals surface area contributed by atoms with Crippen LogP contribution in [0.15, 0.2) is 0 Å². The van der Waals surface area contributed by atoms with E-state index in [-0.39, 0.29) is 37.7 Å². The van der Waals surface area contributed by atoms with Crippen LogP contribution in [-0.2, 0) is 19.2 Å². The zero-order valence-corrected chi connectivity index (χ0v) is 10.7. The Kier molecular flexibility index (Phi) is 3.91. The monoisotopic (exact) mass is 284 g/mol. The maximum Gasteiger partial charge on any atom is 0.309 e. The molecule has 0 saturated carbocycles. The zero-order valence-electron chi connectivity index (χ0n) is 10.7. The number of carboxylic acid groups (broad SMARTS) is 2. The van der Waals surface area contributed by atoms with Gasteiger partial charge in [-0.1, -0.05) is 0 Å². The molecule has 2 saturated heterocycles. The van der Waals surface area contributed by atoms with Crippen molar-refractivity contribution < 1.29 is 29.4 Å². The minimum absolute atomic E-state index is 0.110. The summed E-state index contributed by atoms with van der Waals surface area (Å²) in [5.41, 5.74) is 0. The van der Waals surface area contributed by atoms with Gasteiger partial charge < -0.3 is 20.4 Å². The second-order valence-electron chi connectivity index (χ2n) is 5.12. The lowest BCUT2D eigenvalue weighted by Crippen LogP contribution is -2.53. The molecule has 8 heteroatoms. The molecule has 0 aromatic rings. The molecule has 2 unspecified atom stereocenters. The van der Waals surface area contributed by atoms with Crippen LogP contribution in [0.4, 0.5) is 0 Å². The van der Waals surface area contributed by atoms with Gasteiger partial charge in [-0.3, -0.25) is 19.2 Å². The summed E-state index contributed by atoms with van der Waals surface area (Å²) in [4.78, 5) is 46.8. The first-order chi connectivity index (χ1) is 9.40. The highest BCUT2D eigenvalue weighted by atomic mass is 16.4. The quantitative estimate of drug-likeness (QED) is 0.604. The van der Waals surface area contributed by atoms with Gasteiger partial charge in [0, 0.05) is 19.5 Å². The van der Waals surface area contributed by atoms with Gasteiger partial charge in [-0.15, -0.1) is 0 Å². The lowest BCUT2D eigenvalue weighted by molar-refractivity contribution is -0.159. The molecule has 0 radical (unpaired) electrons. The van der Waals surface area contributed by atoms with Crippen LogP contribution in [-0.4, -0.2) is 58.0 Å². The van der Waals surface area contributed by atoms with Crippen molar-refractivity contribution in [2.24, 2.45) is 11.8 Å². The van der Waals surface area contributed by atoms with Crippen molar-refractivity contribution in [2.75, 3.05) is 13.1 Å². The predicted octanol–water partition coefficient (Wildman–Crippen LogP) is -1.10. The van der Waals surface area contributed by atoms with Gasteiger partial charge in [0.15, 0.2) is 0 Å². The Morgan fingerprint density at radius 3 is 2.25 bits per heavy atom. The van der Waals surface area contributed by atoms with Crippen LogP contribution in [0, 0.1) is 11.8 Å². The average molecular weight is 284 g/mol. The molecule has 3 N–H and O–H groups in total. The van der Waals surface area contributed by atoms with Gasteiger partial charge in [0.25, 0.3) is 0 Å². The maximum atomic E-state index is 12.2. The van der Waals surface area contributed by atoms with Crippen LogP contribution in [0.1, 0.15) is 19.3 Å². The van der Waals surface area contributed by atoms with Crippen LogP contribution < -0.4 is 5.32 Å². The summed E-state index contributed by atoms with van der Waals surface area (Å²) in [7, 11) is 0. The maximum absolute atomic E-state index is 12.2. The first kappa shape index (κ1) is 14.3. The fourth-order valence-electron chi connectivity index (χ4n) is 2.72. The minimum Gasteiger partial charge on any atom is -0.481 e. The Labute approximate surface area is 114 Å². The van der Waals surface area contributed by atoms with Gasteiger partial charge in [-0.2, -0.15) is 0 Å². The molecular formula is C12H16N2O6. The van der Waals surface area contributed by atoms with Gasteiger partial charge >= 0.3 is 11.9 Å². The van der Waals surface area contributed by atoms with Gasteiger partial charge in [-0.05, 0) is 12.8 Å². The smallest absolute Gasteiger partial charge is 0.309 e. The van der Waals surface area contributed by atoms with Gasteiger partial charge in [0.1, 0.15) is 6.04 Å². The number of piperidine rings is 1. The molecule has 110 valence electrons. The third-order valence-electron chi connectivity index (χ3n) is 3.85. The number of hydrogen-bond donors (Lipinski definition) is 3. The second-order valence-corrected chi connectivity index (χ2v) is 5.12. The fraction of sp³-hybridized carbons (Fsp3) is 0.667. The average Bonchev–Trinajstić information content (AvgIpc) is 2.83. The van der Waals surface area contributed by atoms with Crippen molar-refractivity contribution in [3.05, 3.63) is 0 Å². The van der Waals surface area contributed by atoms with Gasteiger partial charge in [0.2, 0.25) is 11.8 Å². The number of carbonyl (C=O) groups is 4. The third kappa shape index (κ3) is 2.73. The zero-order chi connectivity index (χ0) is 14.9. The number of nitrogens with one attached hydrogen (secondary N) is 1. The van der Waals surface area contributed by atoms with Crippen molar-refractivity contribution in [3.63, 3.8) is 0 Å². The van der Waals surface area contributed by atoms with Crippen LogP contribution >= 0.6 is 0 Å². The SMILES string of the molecule is O=C1CC[C@@H](C(=O)N2CCC(C(=O)O)C(C(=O)O)C2)N1. The Hall–Kier alpha value is -2.12. The molecule has 2 amide bonds. The predicted molar refractivity (Wildman–Crippen MR) is 64.6 cm³/mol. The van der Waals surface area contributed by atoms with Crippen LogP contribution in [0.25, 0.3) is 0 Å². The standard InChI is InChI=1S/C12H16N2O6/c15-9-2-1-8(13-9)10(16)14-4-3-6(11(17)18)7(5-14)12(19)20/h6-8H,1-5H2,(H,13,15)(H,17,18)(H,19,20)/t6?,7?,8-/m0/s1. The van der Waals surface area contributed by atoms with E-state index in [1.54, 1.807) is 0 Å². The molecule has 0 aromatic heterocycles. The molecule has 0 aromatic carbocycles. The van der Waals surface area contributed by atoms with Crippen molar-refractivity contribution in [1.29, 1.82) is 0 Å². The van der Waals surface area contributed by atoms with Crippen molar-refractivity contribution in [3.8, 4) is 0 Å². The van der Waals surface area contributed by atoms with Crippen LogP contribution in [0.3, 0.4) is 0 Å². The van der Waals surface area contributed by atoms with Crippen LogP contribution in [0.5, 0.6) is 0 Å². The van der Waals surface area contributed by atoms with E-state index in [0.29, 0.717) is 6.42 Å². The summed E-state index contributed by atoms with van der Waals surface area (Å²) in [6, 6.07) is -0.613. The molecule has 20 heavy (non-hydrogen) atoms. The van der Waals surface area contributed by atoms with Crippen molar-refractivity contribution in [2.45, 2.75) is 25.3 Å². The summed E-state index contributed by atoms with van der Waals surface area (Å²) in [5.74, 6) is -4.98. The first-order valence-electron chi connectivity index (χ1n) is 6.44. The molecule has 2 aliphatic rings.